The smallest absolute Gasteiger partial charge is 0.257 e. The molecule has 0 radical (unpaired) electrons. The number of carbonyl (C=O) groups is 1. The van der Waals surface area contributed by atoms with Crippen LogP contribution in [0.1, 0.15) is 29.2 Å². The van der Waals surface area contributed by atoms with Gasteiger partial charge in [0.2, 0.25) is 0 Å². The normalized spacial score (nSPS) is 24.0. The Hall–Kier alpha value is -2.21. The van der Waals surface area contributed by atoms with E-state index in [0.29, 0.717) is 24.8 Å². The second kappa shape index (κ2) is 7.90. The van der Waals surface area contributed by atoms with Crippen LogP contribution >= 0.6 is 11.6 Å². The van der Waals surface area contributed by atoms with Crippen LogP contribution in [0, 0.1) is 5.92 Å². The van der Waals surface area contributed by atoms with Crippen molar-refractivity contribution in [3.05, 3.63) is 70.2 Å². The number of hydrogen-bond acceptors (Lipinski definition) is 4. The van der Waals surface area contributed by atoms with Gasteiger partial charge >= 0.3 is 0 Å². The number of carbonyl (C=O) groups excluding carboxylic acids is 1. The van der Waals surface area contributed by atoms with Crippen molar-refractivity contribution in [2.75, 3.05) is 32.8 Å². The van der Waals surface area contributed by atoms with E-state index in [4.69, 9.17) is 21.4 Å². The molecular weight excluding hydrogens is 386 g/mol. The molecule has 5 rings (SSSR count). The summed E-state index contributed by atoms with van der Waals surface area (Å²) in [6.07, 6.45) is 2.00. The second-order valence-corrected chi connectivity index (χ2v) is 8.35. The Labute approximate surface area is 175 Å². The van der Waals surface area contributed by atoms with E-state index < -0.39 is 0 Å². The Kier molecular flexibility index (Phi) is 5.12. The number of aryl methyl sites for hydroxylation is 1. The fourth-order valence-corrected chi connectivity index (χ4v) is 4.81. The summed E-state index contributed by atoms with van der Waals surface area (Å²) >= 11 is 6.12. The minimum Gasteiger partial charge on any atom is -0.379 e. The first-order chi connectivity index (χ1) is 14.2. The summed E-state index contributed by atoms with van der Waals surface area (Å²) in [7, 11) is 0. The van der Waals surface area contributed by atoms with Gasteiger partial charge in [0.25, 0.3) is 5.91 Å². The lowest BCUT2D eigenvalue weighted by atomic mass is 9.77. The molecule has 2 atom stereocenters. The first kappa shape index (κ1) is 18.8. The highest BCUT2D eigenvalue weighted by atomic mass is 35.5. The predicted octanol–water partition coefficient (Wildman–Crippen LogP) is 3.52. The maximum atomic E-state index is 13.3. The fraction of sp³-hybridized carbons (Fsp3) is 0.391. The van der Waals surface area contributed by atoms with Crippen molar-refractivity contribution in [1.82, 2.24) is 9.91 Å². The molecule has 2 aromatic rings. The number of hydrazone groups is 1. The molecule has 0 unspecified atom stereocenters. The molecule has 2 heterocycles. The van der Waals surface area contributed by atoms with E-state index in [-0.39, 0.29) is 17.9 Å². The van der Waals surface area contributed by atoms with Gasteiger partial charge in [-0.1, -0.05) is 48.0 Å². The zero-order valence-corrected chi connectivity index (χ0v) is 17.0. The lowest BCUT2D eigenvalue weighted by Gasteiger charge is -2.31. The lowest BCUT2D eigenvalue weighted by molar-refractivity contribution is -0.135. The summed E-state index contributed by atoms with van der Waals surface area (Å²) in [4.78, 5) is 15.5. The Balaban J connectivity index is 1.50. The number of amides is 1. The summed E-state index contributed by atoms with van der Waals surface area (Å²) in [5, 5.41) is 7.35. The molecule has 0 N–H and O–H groups in total. The van der Waals surface area contributed by atoms with Gasteiger partial charge in [0.1, 0.15) is 0 Å². The maximum absolute atomic E-state index is 13.3. The van der Waals surface area contributed by atoms with Crippen molar-refractivity contribution in [2.24, 2.45) is 11.0 Å². The van der Waals surface area contributed by atoms with Gasteiger partial charge in [-0.3, -0.25) is 9.69 Å². The van der Waals surface area contributed by atoms with Gasteiger partial charge in [-0.25, -0.2) is 5.01 Å². The molecule has 150 valence electrons. The SMILES string of the molecule is O=C(CN1CCOCC1)N1N=C2c3ccccc3CC[C@@H]2[C@@H]1c1ccc(Cl)cc1. The van der Waals surface area contributed by atoms with Gasteiger partial charge in [0.15, 0.2) is 0 Å². The van der Waals surface area contributed by atoms with E-state index in [1.54, 1.807) is 5.01 Å². The molecule has 2 aromatic carbocycles. The van der Waals surface area contributed by atoms with Crippen LogP contribution in [-0.2, 0) is 16.0 Å². The molecule has 0 spiro atoms. The van der Waals surface area contributed by atoms with Crippen LogP contribution in [0.15, 0.2) is 53.6 Å². The molecule has 5 nitrogen and oxygen atoms in total. The molecular formula is C23H24ClN3O2. The third-order valence-electron chi connectivity index (χ3n) is 6.16. The summed E-state index contributed by atoms with van der Waals surface area (Å²) < 4.78 is 5.42. The average molecular weight is 410 g/mol. The number of fused-ring (bicyclic) bond motifs is 3. The van der Waals surface area contributed by atoms with E-state index in [1.807, 2.05) is 24.3 Å². The first-order valence-corrected chi connectivity index (χ1v) is 10.6. The van der Waals surface area contributed by atoms with Gasteiger partial charge in [-0.05, 0) is 36.1 Å². The predicted molar refractivity (Wildman–Crippen MR) is 113 cm³/mol. The number of benzene rings is 2. The molecule has 3 aliphatic rings. The molecule has 29 heavy (non-hydrogen) atoms. The fourth-order valence-electron chi connectivity index (χ4n) is 4.69. The summed E-state index contributed by atoms with van der Waals surface area (Å²) in [5.41, 5.74) is 4.64. The number of morpholine rings is 1. The Morgan fingerprint density at radius 3 is 2.66 bits per heavy atom. The van der Waals surface area contributed by atoms with Crippen LogP contribution in [0.25, 0.3) is 0 Å². The number of ether oxygens (including phenoxy) is 1. The lowest BCUT2D eigenvalue weighted by Crippen LogP contribution is -2.44. The molecule has 6 heteroatoms. The highest BCUT2D eigenvalue weighted by Gasteiger charge is 2.43. The van der Waals surface area contributed by atoms with E-state index in [1.165, 1.54) is 11.1 Å². The monoisotopic (exact) mass is 409 g/mol. The third kappa shape index (κ3) is 3.59. The summed E-state index contributed by atoms with van der Waals surface area (Å²) in [6.45, 7) is 3.30. The molecule has 2 aliphatic heterocycles. The number of hydrogen-bond donors (Lipinski definition) is 0. The zero-order chi connectivity index (χ0) is 19.8. The number of rotatable bonds is 3. The van der Waals surface area contributed by atoms with Gasteiger partial charge in [-0.15, -0.1) is 0 Å². The van der Waals surface area contributed by atoms with Gasteiger partial charge in [-0.2, -0.15) is 5.10 Å². The molecule has 0 saturated carbocycles. The minimum atomic E-state index is -0.0795. The number of halogens is 1. The highest BCUT2D eigenvalue weighted by molar-refractivity contribution is 6.30. The number of nitrogens with zero attached hydrogens (tertiary/aromatic N) is 3. The summed E-state index contributed by atoms with van der Waals surface area (Å²) in [5.74, 6) is 0.256. The van der Waals surface area contributed by atoms with Crippen molar-refractivity contribution in [2.45, 2.75) is 18.9 Å². The standard InChI is InChI=1S/C23H24ClN3O2/c24-18-8-5-17(6-9-18)23-20-10-7-16-3-1-2-4-19(16)22(20)25-27(23)21(28)15-26-11-13-29-14-12-26/h1-6,8-9,20,23H,7,10-15H2/t20-,23-/m0/s1. The first-order valence-electron chi connectivity index (χ1n) is 10.2. The second-order valence-electron chi connectivity index (χ2n) is 7.91. The highest BCUT2D eigenvalue weighted by Crippen LogP contribution is 2.43. The molecule has 1 aliphatic carbocycles. The Bertz CT molecular complexity index is 937. The maximum Gasteiger partial charge on any atom is 0.257 e. The molecule has 0 aromatic heterocycles. The summed E-state index contributed by atoms with van der Waals surface area (Å²) in [6, 6.07) is 16.2. The van der Waals surface area contributed by atoms with Crippen molar-refractivity contribution < 1.29 is 9.53 Å². The van der Waals surface area contributed by atoms with Crippen molar-refractivity contribution >= 4 is 23.2 Å². The van der Waals surface area contributed by atoms with Crippen molar-refractivity contribution in [3.63, 3.8) is 0 Å². The molecule has 1 saturated heterocycles. The Morgan fingerprint density at radius 2 is 1.86 bits per heavy atom. The third-order valence-corrected chi connectivity index (χ3v) is 6.41. The zero-order valence-electron chi connectivity index (χ0n) is 16.3. The van der Waals surface area contributed by atoms with E-state index >= 15 is 0 Å². The topological polar surface area (TPSA) is 45.1 Å². The van der Waals surface area contributed by atoms with Crippen LogP contribution in [0.4, 0.5) is 0 Å². The van der Waals surface area contributed by atoms with Gasteiger partial charge in [0.05, 0.1) is 31.5 Å². The minimum absolute atomic E-state index is 0.0474. The largest absolute Gasteiger partial charge is 0.379 e. The van der Waals surface area contributed by atoms with Crippen LogP contribution < -0.4 is 0 Å². The van der Waals surface area contributed by atoms with Gasteiger partial charge < -0.3 is 4.74 Å². The van der Waals surface area contributed by atoms with Crippen molar-refractivity contribution in [3.8, 4) is 0 Å². The van der Waals surface area contributed by atoms with Crippen molar-refractivity contribution in [1.29, 1.82) is 0 Å². The molecule has 1 fully saturated rings. The van der Waals surface area contributed by atoms with Crippen LogP contribution in [0.5, 0.6) is 0 Å². The van der Waals surface area contributed by atoms with E-state index in [2.05, 4.69) is 29.2 Å². The molecule has 0 bridgehead atoms. The average Bonchev–Trinajstić information content (AvgIpc) is 3.15. The quantitative estimate of drug-likeness (QED) is 0.779. The van der Waals surface area contributed by atoms with E-state index in [9.17, 15) is 4.79 Å². The van der Waals surface area contributed by atoms with Crippen LogP contribution in [-0.4, -0.2) is 54.4 Å². The molecule has 1 amide bonds. The van der Waals surface area contributed by atoms with Gasteiger partial charge in [0, 0.05) is 29.6 Å². The van der Waals surface area contributed by atoms with Crippen LogP contribution in [0.2, 0.25) is 5.02 Å². The van der Waals surface area contributed by atoms with E-state index in [0.717, 1.165) is 37.2 Å². The Morgan fingerprint density at radius 1 is 1.10 bits per heavy atom. The van der Waals surface area contributed by atoms with Crippen LogP contribution in [0.3, 0.4) is 0 Å².